The Labute approximate surface area is 427 Å². The minimum Gasteiger partial charge on any atom is -0.456 e. The SMILES string of the molecule is c1ccc(C2(c3ccccc3)c3ccccc3-c3c(-c4ccccc4N(c4cccc(-c5cccc6oc7ccccc7c56)c4)c4ccccc4-c4cccc5cccc(C6CCCCC6)c45)cccc32)cc1. The highest BCUT2D eigenvalue weighted by atomic mass is 16.3. The summed E-state index contributed by atoms with van der Waals surface area (Å²) in [6.07, 6.45) is 6.37. The second-order valence-corrected chi connectivity index (χ2v) is 20.0. The van der Waals surface area contributed by atoms with E-state index in [0.717, 1.165) is 55.7 Å². The predicted octanol–water partition coefficient (Wildman–Crippen LogP) is 19.6. The van der Waals surface area contributed by atoms with Crippen LogP contribution in [0.4, 0.5) is 17.1 Å². The fourth-order valence-electron chi connectivity index (χ4n) is 13.1. The first-order chi connectivity index (χ1) is 36.3. The molecule has 2 nitrogen and oxygen atoms in total. The quantitative estimate of drug-likeness (QED) is 0.143. The van der Waals surface area contributed by atoms with Crippen LogP contribution in [0.2, 0.25) is 0 Å². The zero-order valence-electron chi connectivity index (χ0n) is 40.7. The molecule has 11 aromatic carbocycles. The summed E-state index contributed by atoms with van der Waals surface area (Å²) < 4.78 is 6.47. The summed E-state index contributed by atoms with van der Waals surface area (Å²) in [5.41, 5.74) is 20.8. The molecular weight excluding hydrogens is 883 g/mol. The first-order valence-electron chi connectivity index (χ1n) is 26.1. The Morgan fingerprint density at radius 2 is 0.932 bits per heavy atom. The molecule has 0 aliphatic heterocycles. The summed E-state index contributed by atoms with van der Waals surface area (Å²) >= 11 is 0. The van der Waals surface area contributed by atoms with Gasteiger partial charge in [0.25, 0.3) is 0 Å². The zero-order chi connectivity index (χ0) is 48.3. The molecule has 2 aliphatic carbocycles. The van der Waals surface area contributed by atoms with Gasteiger partial charge in [-0.1, -0.05) is 238 Å². The van der Waals surface area contributed by atoms with Crippen molar-refractivity contribution in [2.45, 2.75) is 43.4 Å². The molecule has 2 heteroatoms. The highest BCUT2D eigenvalue weighted by Gasteiger charge is 2.47. The van der Waals surface area contributed by atoms with Gasteiger partial charge in [0, 0.05) is 27.6 Å². The second kappa shape index (κ2) is 17.8. The van der Waals surface area contributed by atoms with Gasteiger partial charge >= 0.3 is 0 Å². The second-order valence-electron chi connectivity index (χ2n) is 20.0. The topological polar surface area (TPSA) is 16.4 Å². The van der Waals surface area contributed by atoms with Crippen LogP contribution >= 0.6 is 0 Å². The number of nitrogens with zero attached hydrogens (tertiary/aromatic N) is 1. The number of hydrogen-bond donors (Lipinski definition) is 0. The molecule has 2 aliphatic rings. The van der Waals surface area contributed by atoms with E-state index in [-0.39, 0.29) is 0 Å². The van der Waals surface area contributed by atoms with Crippen molar-refractivity contribution >= 4 is 49.8 Å². The van der Waals surface area contributed by atoms with Gasteiger partial charge in [-0.25, -0.2) is 0 Å². The number of fused-ring (bicyclic) bond motifs is 7. The van der Waals surface area contributed by atoms with Crippen molar-refractivity contribution in [3.8, 4) is 44.5 Å². The molecular formula is C71H53NO. The molecule has 1 saturated carbocycles. The zero-order valence-corrected chi connectivity index (χ0v) is 40.7. The summed E-state index contributed by atoms with van der Waals surface area (Å²) in [5.74, 6) is 0.544. The highest BCUT2D eigenvalue weighted by molar-refractivity contribution is 6.13. The van der Waals surface area contributed by atoms with Gasteiger partial charge in [-0.15, -0.1) is 0 Å². The Bertz CT molecular complexity index is 3980. The Hall–Kier alpha value is -8.72. The van der Waals surface area contributed by atoms with E-state index in [4.69, 9.17) is 4.42 Å². The number of furan rings is 1. The third-order valence-corrected chi connectivity index (χ3v) is 16.2. The van der Waals surface area contributed by atoms with Crippen LogP contribution in [0, 0.1) is 0 Å². The van der Waals surface area contributed by atoms with E-state index < -0.39 is 5.41 Å². The number of hydrogen-bond acceptors (Lipinski definition) is 2. The largest absolute Gasteiger partial charge is 0.456 e. The molecule has 0 atom stereocenters. The fourth-order valence-corrected chi connectivity index (χ4v) is 13.1. The van der Waals surface area contributed by atoms with Crippen molar-refractivity contribution in [2.75, 3.05) is 4.90 Å². The first-order valence-corrected chi connectivity index (χ1v) is 26.1. The van der Waals surface area contributed by atoms with Crippen LogP contribution in [0.3, 0.4) is 0 Å². The van der Waals surface area contributed by atoms with Gasteiger partial charge in [0.05, 0.1) is 16.8 Å². The molecule has 0 radical (unpaired) electrons. The smallest absolute Gasteiger partial charge is 0.136 e. The Morgan fingerprint density at radius 3 is 1.70 bits per heavy atom. The molecule has 1 fully saturated rings. The summed E-state index contributed by atoms with van der Waals surface area (Å²) in [6.45, 7) is 0. The number of anilines is 3. The number of rotatable bonds is 9. The molecule has 1 heterocycles. The van der Waals surface area contributed by atoms with Crippen molar-refractivity contribution in [2.24, 2.45) is 0 Å². The molecule has 1 aromatic heterocycles. The number of para-hydroxylation sites is 3. The molecule has 0 unspecified atom stereocenters. The first kappa shape index (κ1) is 43.1. The molecule has 348 valence electrons. The van der Waals surface area contributed by atoms with Gasteiger partial charge in [-0.2, -0.15) is 0 Å². The normalized spacial score (nSPS) is 14.1. The number of benzene rings is 11. The lowest BCUT2D eigenvalue weighted by atomic mass is 9.67. The molecule has 0 spiro atoms. The Kier molecular flexibility index (Phi) is 10.5. The standard InChI is InChI=1S/C71H53NO/c1-4-23-48(24-5-1)54-37-19-25-49-26-20-39-58(68(49)54)56-33-11-15-43-64(56)72(53-32-18-27-50(47-53)55-38-22-46-67-70(55)61-36-13-17-45-66(61)73-67)65-44-16-12-34-57(65)59-40-21-42-63-69(59)60-35-10-14-41-62(60)71(63,51-28-6-2-7-29-51)52-30-8-3-9-31-52/h2-3,6-22,25-48H,1,4-5,23-24H2. The summed E-state index contributed by atoms with van der Waals surface area (Å²) in [6, 6.07) is 94.6. The van der Waals surface area contributed by atoms with Gasteiger partial charge in [-0.3, -0.25) is 0 Å². The lowest BCUT2D eigenvalue weighted by Crippen LogP contribution is -2.28. The Morgan fingerprint density at radius 1 is 0.384 bits per heavy atom. The van der Waals surface area contributed by atoms with E-state index in [2.05, 4.69) is 260 Å². The van der Waals surface area contributed by atoms with Crippen molar-refractivity contribution in [1.29, 1.82) is 0 Å². The molecule has 0 N–H and O–H groups in total. The van der Waals surface area contributed by atoms with Crippen molar-refractivity contribution < 1.29 is 4.42 Å². The van der Waals surface area contributed by atoms with E-state index in [0.29, 0.717) is 5.92 Å². The maximum Gasteiger partial charge on any atom is 0.136 e. The maximum absolute atomic E-state index is 6.47. The monoisotopic (exact) mass is 935 g/mol. The molecule has 14 rings (SSSR count). The highest BCUT2D eigenvalue weighted by Crippen LogP contribution is 2.59. The van der Waals surface area contributed by atoms with Gasteiger partial charge in [-0.05, 0) is 127 Å². The predicted molar refractivity (Wildman–Crippen MR) is 305 cm³/mol. The van der Waals surface area contributed by atoms with Gasteiger partial charge in [0.2, 0.25) is 0 Å². The van der Waals surface area contributed by atoms with Crippen molar-refractivity contribution in [1.82, 2.24) is 0 Å². The van der Waals surface area contributed by atoms with Crippen LogP contribution in [0.25, 0.3) is 77.2 Å². The van der Waals surface area contributed by atoms with E-state index in [9.17, 15) is 0 Å². The summed E-state index contributed by atoms with van der Waals surface area (Å²) in [5, 5.41) is 4.92. The lowest BCUT2D eigenvalue weighted by Gasteiger charge is -2.34. The third kappa shape index (κ3) is 6.92. The molecule has 12 aromatic rings. The van der Waals surface area contributed by atoms with E-state index in [1.54, 1.807) is 0 Å². The summed E-state index contributed by atoms with van der Waals surface area (Å²) in [7, 11) is 0. The summed E-state index contributed by atoms with van der Waals surface area (Å²) in [4.78, 5) is 2.55. The fraction of sp³-hybridized carbons (Fsp3) is 0.0986. The maximum atomic E-state index is 6.47. The average Bonchev–Trinajstić information content (AvgIpc) is 4.01. The lowest BCUT2D eigenvalue weighted by molar-refractivity contribution is 0.445. The van der Waals surface area contributed by atoms with Crippen LogP contribution in [-0.2, 0) is 5.41 Å². The van der Waals surface area contributed by atoms with Crippen molar-refractivity contribution in [3.05, 3.63) is 283 Å². The van der Waals surface area contributed by atoms with Gasteiger partial charge in [0.15, 0.2) is 0 Å². The minimum atomic E-state index is -0.525. The van der Waals surface area contributed by atoms with Gasteiger partial charge < -0.3 is 9.32 Å². The minimum absolute atomic E-state index is 0.525. The molecule has 0 saturated heterocycles. The van der Waals surface area contributed by atoms with Crippen LogP contribution < -0.4 is 4.90 Å². The average molecular weight is 936 g/mol. The van der Waals surface area contributed by atoms with E-state index >= 15 is 0 Å². The molecule has 73 heavy (non-hydrogen) atoms. The Balaban J connectivity index is 1.04. The van der Waals surface area contributed by atoms with E-state index in [1.807, 2.05) is 0 Å². The van der Waals surface area contributed by atoms with Crippen LogP contribution in [0.15, 0.2) is 259 Å². The van der Waals surface area contributed by atoms with Crippen LogP contribution in [0.5, 0.6) is 0 Å². The third-order valence-electron chi connectivity index (χ3n) is 16.2. The molecule has 0 bridgehead atoms. The van der Waals surface area contributed by atoms with Crippen LogP contribution in [-0.4, -0.2) is 0 Å². The van der Waals surface area contributed by atoms with Crippen LogP contribution in [0.1, 0.15) is 65.8 Å². The van der Waals surface area contributed by atoms with Gasteiger partial charge in [0.1, 0.15) is 11.2 Å². The van der Waals surface area contributed by atoms with Crippen molar-refractivity contribution in [3.63, 3.8) is 0 Å². The van der Waals surface area contributed by atoms with E-state index in [1.165, 1.54) is 98.5 Å². The molecule has 0 amide bonds.